The molecule has 1 atom stereocenters. The summed E-state index contributed by atoms with van der Waals surface area (Å²) in [6.45, 7) is 3.43. The molecule has 43 heavy (non-hydrogen) atoms. The van der Waals surface area contributed by atoms with Gasteiger partial charge in [-0.05, 0) is 79.6 Å². The third-order valence-corrected chi connectivity index (χ3v) is 7.78. The second-order valence-corrected chi connectivity index (χ2v) is 11.7. The average Bonchev–Trinajstić information content (AvgIpc) is 2.99. The molecule has 0 radical (unpaired) electrons. The number of anilines is 2. The van der Waals surface area contributed by atoms with Crippen LogP contribution >= 0.6 is 27.7 Å². The molecule has 4 rings (SSSR count). The van der Waals surface area contributed by atoms with E-state index >= 15 is 0 Å². The van der Waals surface area contributed by atoms with Gasteiger partial charge in [-0.25, -0.2) is 0 Å². The van der Waals surface area contributed by atoms with Crippen molar-refractivity contribution in [3.63, 3.8) is 0 Å². The number of hydrogen-bond acceptors (Lipinski definition) is 6. The van der Waals surface area contributed by atoms with Crippen molar-refractivity contribution in [1.82, 2.24) is 5.32 Å². The number of nitro benzene ring substituents is 1. The highest BCUT2D eigenvalue weighted by atomic mass is 79.9. The number of benzene rings is 4. The van der Waals surface area contributed by atoms with Gasteiger partial charge in [0, 0.05) is 38.4 Å². The van der Waals surface area contributed by atoms with E-state index < -0.39 is 22.0 Å². The maximum Gasteiger partial charge on any atom is 0.272 e. The van der Waals surface area contributed by atoms with Crippen LogP contribution in [0.3, 0.4) is 0 Å². The van der Waals surface area contributed by atoms with E-state index in [-0.39, 0.29) is 17.3 Å². The number of thioether (sulfide) groups is 1. The number of carbonyl (C=O) groups is 3. The number of amides is 3. The van der Waals surface area contributed by atoms with Crippen LogP contribution in [0.15, 0.2) is 112 Å². The van der Waals surface area contributed by atoms with Gasteiger partial charge < -0.3 is 16.0 Å². The molecule has 218 valence electrons. The van der Waals surface area contributed by atoms with Gasteiger partial charge in [0.1, 0.15) is 5.70 Å². The lowest BCUT2D eigenvalue weighted by atomic mass is 10.1. The third kappa shape index (κ3) is 8.87. The summed E-state index contributed by atoms with van der Waals surface area (Å²) in [6, 6.07) is 27.2. The number of non-ortho nitro benzene ring substituents is 1. The van der Waals surface area contributed by atoms with Crippen LogP contribution in [-0.4, -0.2) is 27.9 Å². The van der Waals surface area contributed by atoms with Crippen molar-refractivity contribution >= 4 is 68.6 Å². The molecule has 0 fully saturated rings. The van der Waals surface area contributed by atoms with E-state index in [1.165, 1.54) is 30.0 Å². The molecule has 0 aliphatic carbocycles. The second kappa shape index (κ2) is 14.4. The number of carbonyl (C=O) groups excluding carboxylic acids is 3. The van der Waals surface area contributed by atoms with Crippen LogP contribution in [0.4, 0.5) is 17.1 Å². The zero-order valence-electron chi connectivity index (χ0n) is 23.2. The maximum absolute atomic E-state index is 13.4. The molecule has 0 bridgehead atoms. The molecule has 3 amide bonds. The first-order chi connectivity index (χ1) is 20.6. The molecule has 1 unspecified atom stereocenters. The number of hydrogen-bond donors (Lipinski definition) is 3. The summed E-state index contributed by atoms with van der Waals surface area (Å²) < 4.78 is 0.879. The van der Waals surface area contributed by atoms with Gasteiger partial charge >= 0.3 is 0 Å². The minimum absolute atomic E-state index is 0.0498. The lowest BCUT2D eigenvalue weighted by molar-refractivity contribution is -0.384. The van der Waals surface area contributed by atoms with Crippen LogP contribution < -0.4 is 16.0 Å². The molecule has 9 nitrogen and oxygen atoms in total. The summed E-state index contributed by atoms with van der Waals surface area (Å²) in [7, 11) is 0. The Hall–Kier alpha value is -4.74. The van der Waals surface area contributed by atoms with Gasteiger partial charge in [0.15, 0.2) is 0 Å². The molecule has 4 aromatic carbocycles. The fraction of sp³-hybridized carbons (Fsp3) is 0.0938. The first-order valence-corrected chi connectivity index (χ1v) is 14.7. The number of aryl methyl sites for hydroxylation is 1. The highest BCUT2D eigenvalue weighted by Crippen LogP contribution is 2.28. The predicted octanol–water partition coefficient (Wildman–Crippen LogP) is 7.19. The molecular weight excluding hydrogens is 632 g/mol. The van der Waals surface area contributed by atoms with E-state index in [0.29, 0.717) is 28.1 Å². The molecule has 0 aromatic heterocycles. The topological polar surface area (TPSA) is 130 Å². The standard InChI is InChI=1S/C32H27BrN4O5S/c1-20-17-26(37(41)42)15-16-28(20)35-30(38)21(2)43-27-10-6-9-25(19-27)34-32(40)29(18-22-11-13-24(33)14-12-22)36-31(39)23-7-4-3-5-8-23/h3-19,21H,1-2H3,(H,34,40)(H,35,38)(H,36,39)/b29-18-. The van der Waals surface area contributed by atoms with Gasteiger partial charge in [-0.2, -0.15) is 0 Å². The Morgan fingerprint density at radius 3 is 2.30 bits per heavy atom. The predicted molar refractivity (Wildman–Crippen MR) is 173 cm³/mol. The van der Waals surface area contributed by atoms with Crippen LogP contribution in [0.25, 0.3) is 6.08 Å². The van der Waals surface area contributed by atoms with Crippen molar-refractivity contribution in [2.45, 2.75) is 24.0 Å². The normalized spacial score (nSPS) is 11.7. The lowest BCUT2D eigenvalue weighted by Crippen LogP contribution is -2.30. The fourth-order valence-corrected chi connectivity index (χ4v) is 5.10. The van der Waals surface area contributed by atoms with E-state index in [9.17, 15) is 24.5 Å². The van der Waals surface area contributed by atoms with Gasteiger partial charge in [0.05, 0.1) is 10.2 Å². The van der Waals surface area contributed by atoms with Gasteiger partial charge in [-0.1, -0.05) is 52.3 Å². The second-order valence-electron chi connectivity index (χ2n) is 9.42. The van der Waals surface area contributed by atoms with Crippen LogP contribution in [0.2, 0.25) is 0 Å². The summed E-state index contributed by atoms with van der Waals surface area (Å²) in [5, 5.41) is 18.8. The Labute approximate surface area is 261 Å². The Balaban J connectivity index is 1.46. The monoisotopic (exact) mass is 658 g/mol. The first-order valence-electron chi connectivity index (χ1n) is 13.1. The number of halogens is 1. The highest BCUT2D eigenvalue weighted by Gasteiger charge is 2.18. The number of nitro groups is 1. The highest BCUT2D eigenvalue weighted by molar-refractivity contribution is 9.10. The molecule has 4 aromatic rings. The minimum Gasteiger partial charge on any atom is -0.325 e. The summed E-state index contributed by atoms with van der Waals surface area (Å²) in [5.74, 6) is -1.22. The Morgan fingerprint density at radius 1 is 0.907 bits per heavy atom. The minimum atomic E-state index is -0.520. The zero-order chi connectivity index (χ0) is 30.9. The molecule has 0 saturated carbocycles. The quantitative estimate of drug-likeness (QED) is 0.0715. The largest absolute Gasteiger partial charge is 0.325 e. The zero-order valence-corrected chi connectivity index (χ0v) is 25.6. The van der Waals surface area contributed by atoms with Crippen LogP contribution in [0, 0.1) is 17.0 Å². The molecule has 0 heterocycles. The van der Waals surface area contributed by atoms with E-state index in [1.807, 2.05) is 30.3 Å². The molecular formula is C32H27BrN4O5S. The summed E-state index contributed by atoms with van der Waals surface area (Å²) in [6.07, 6.45) is 1.59. The van der Waals surface area contributed by atoms with Crippen molar-refractivity contribution in [2.24, 2.45) is 0 Å². The number of rotatable bonds is 10. The molecule has 3 N–H and O–H groups in total. The lowest BCUT2D eigenvalue weighted by Gasteiger charge is -2.15. The number of nitrogens with one attached hydrogen (secondary N) is 3. The van der Waals surface area contributed by atoms with Crippen molar-refractivity contribution in [2.75, 3.05) is 10.6 Å². The molecule has 0 aliphatic heterocycles. The van der Waals surface area contributed by atoms with Gasteiger partial charge in [0.25, 0.3) is 17.5 Å². The fourth-order valence-electron chi connectivity index (χ4n) is 3.91. The van der Waals surface area contributed by atoms with E-state index in [0.717, 1.165) is 9.37 Å². The average molecular weight is 660 g/mol. The summed E-state index contributed by atoms with van der Waals surface area (Å²) >= 11 is 4.68. The molecule has 0 aliphatic rings. The van der Waals surface area contributed by atoms with Gasteiger partial charge in [0.2, 0.25) is 5.91 Å². The number of nitrogens with zero attached hydrogens (tertiary/aromatic N) is 1. The summed E-state index contributed by atoms with van der Waals surface area (Å²) in [4.78, 5) is 50.4. The first kappa shape index (κ1) is 31.2. The van der Waals surface area contributed by atoms with Crippen molar-refractivity contribution in [3.8, 4) is 0 Å². The van der Waals surface area contributed by atoms with E-state index in [4.69, 9.17) is 0 Å². The molecule has 11 heteroatoms. The third-order valence-electron chi connectivity index (χ3n) is 6.16. The van der Waals surface area contributed by atoms with Crippen molar-refractivity contribution in [3.05, 3.63) is 134 Å². The SMILES string of the molecule is Cc1cc([N+](=O)[O-])ccc1NC(=O)C(C)Sc1cccc(NC(=O)/C(=C/c2ccc(Br)cc2)NC(=O)c2ccccc2)c1. The Kier molecular flexibility index (Phi) is 10.5. The van der Waals surface area contributed by atoms with Crippen LogP contribution in [0.1, 0.15) is 28.4 Å². The van der Waals surface area contributed by atoms with Crippen molar-refractivity contribution < 1.29 is 19.3 Å². The summed E-state index contributed by atoms with van der Waals surface area (Å²) in [5.41, 5.74) is 2.68. The van der Waals surface area contributed by atoms with Gasteiger partial charge in [-0.15, -0.1) is 11.8 Å². The van der Waals surface area contributed by atoms with Crippen molar-refractivity contribution in [1.29, 1.82) is 0 Å². The van der Waals surface area contributed by atoms with E-state index in [1.54, 1.807) is 68.5 Å². The molecule has 0 spiro atoms. The Morgan fingerprint density at radius 2 is 1.63 bits per heavy atom. The Bertz CT molecular complexity index is 1690. The van der Waals surface area contributed by atoms with Crippen LogP contribution in [0.5, 0.6) is 0 Å². The van der Waals surface area contributed by atoms with Gasteiger partial charge in [-0.3, -0.25) is 24.5 Å². The van der Waals surface area contributed by atoms with Crippen LogP contribution in [-0.2, 0) is 9.59 Å². The molecule has 0 saturated heterocycles. The maximum atomic E-state index is 13.4. The smallest absolute Gasteiger partial charge is 0.272 e. The van der Waals surface area contributed by atoms with E-state index in [2.05, 4.69) is 31.9 Å².